The van der Waals surface area contributed by atoms with Gasteiger partial charge in [0.05, 0.1) is 18.6 Å². The lowest BCUT2D eigenvalue weighted by molar-refractivity contribution is -0.115. The van der Waals surface area contributed by atoms with Crippen molar-refractivity contribution in [2.45, 2.75) is 26.3 Å². The highest BCUT2D eigenvalue weighted by Gasteiger charge is 2.28. The number of benzene rings is 1. The minimum absolute atomic E-state index is 0. The van der Waals surface area contributed by atoms with Crippen LogP contribution >= 0.6 is 11.3 Å². The lowest BCUT2D eigenvalue weighted by Gasteiger charge is -2.22. The highest BCUT2D eigenvalue weighted by Crippen LogP contribution is 2.37. The van der Waals surface area contributed by atoms with Crippen LogP contribution in [-0.2, 0) is 28.9 Å². The number of hydrogen-bond donors (Lipinski definition) is 1. The van der Waals surface area contributed by atoms with Crippen LogP contribution in [0, 0.1) is 0 Å². The number of thiophene rings is 1. The number of nitrogens with one attached hydrogen (secondary N) is 1. The number of carbonyl (C=O) groups is 2. The molecule has 1 N–H and O–H groups in total. The number of likely N-dealkylation sites (N-methyl/N-ethyl adjacent to an activating group) is 1. The normalized spacial score (nSPS) is 13.5. The fraction of sp³-hybridized carbons (Fsp3) is 0.368. The van der Waals surface area contributed by atoms with Crippen molar-refractivity contribution in [3.05, 3.63) is 51.9 Å². The zero-order chi connectivity index (χ0) is 17.8. The summed E-state index contributed by atoms with van der Waals surface area (Å²) in [5.41, 5.74) is 2.51. The fourth-order valence-electron chi connectivity index (χ4n) is 2.99. The molecule has 0 fully saturated rings. The number of ether oxygens (including phenoxy) is 1. The molecule has 0 saturated heterocycles. The van der Waals surface area contributed by atoms with Crippen molar-refractivity contribution in [1.29, 1.82) is 0 Å². The molecule has 0 atom stereocenters. The van der Waals surface area contributed by atoms with Crippen LogP contribution in [0.5, 0.6) is 0 Å². The van der Waals surface area contributed by atoms with Gasteiger partial charge in [-0.05, 0) is 31.5 Å². The lowest BCUT2D eigenvalue weighted by Crippen LogP contribution is -3.00. The van der Waals surface area contributed by atoms with Gasteiger partial charge >= 0.3 is 5.97 Å². The van der Waals surface area contributed by atoms with E-state index in [0.29, 0.717) is 17.2 Å². The van der Waals surface area contributed by atoms with Crippen molar-refractivity contribution in [1.82, 2.24) is 4.90 Å². The standard InChI is InChI=1S/C19H22N2O3S.ClH/c1-3-24-19(23)17-14-9-10-21(2)12-15(14)25-18(17)20-16(22)11-13-7-5-4-6-8-13;/h4-8H,3,9-12H2,1-2H3,(H,20,22);1H/p-1. The van der Waals surface area contributed by atoms with Crippen LogP contribution < -0.4 is 17.7 Å². The molecule has 1 aliphatic heterocycles. The third-order valence-corrected chi connectivity index (χ3v) is 5.32. The highest BCUT2D eigenvalue weighted by molar-refractivity contribution is 7.17. The maximum absolute atomic E-state index is 12.4. The molecule has 140 valence electrons. The molecule has 7 heteroatoms. The van der Waals surface area contributed by atoms with Crippen molar-refractivity contribution in [2.75, 3.05) is 25.5 Å². The second kappa shape index (κ2) is 9.16. The molecule has 0 spiro atoms. The van der Waals surface area contributed by atoms with E-state index in [2.05, 4.69) is 17.3 Å². The molecule has 0 saturated carbocycles. The number of anilines is 1. The number of carbonyl (C=O) groups excluding carboxylic acids is 2. The Morgan fingerprint density at radius 1 is 1.27 bits per heavy atom. The molecule has 0 unspecified atom stereocenters. The van der Waals surface area contributed by atoms with E-state index in [0.717, 1.165) is 35.5 Å². The predicted octanol–water partition coefficient (Wildman–Crippen LogP) is 0.0979. The van der Waals surface area contributed by atoms with Gasteiger partial charge in [-0.3, -0.25) is 4.79 Å². The predicted molar refractivity (Wildman–Crippen MR) is 99.1 cm³/mol. The molecule has 2 heterocycles. The fourth-order valence-corrected chi connectivity index (χ4v) is 4.32. The largest absolute Gasteiger partial charge is 1.00 e. The lowest BCUT2D eigenvalue weighted by atomic mass is 10.0. The van der Waals surface area contributed by atoms with Crippen molar-refractivity contribution in [3.8, 4) is 0 Å². The van der Waals surface area contributed by atoms with E-state index in [4.69, 9.17) is 4.74 Å². The Kier molecular flexibility index (Phi) is 7.20. The molecule has 0 aliphatic carbocycles. The molecule has 1 aliphatic rings. The molecule has 0 radical (unpaired) electrons. The van der Waals surface area contributed by atoms with Crippen LogP contribution in [0.25, 0.3) is 0 Å². The first-order chi connectivity index (χ1) is 12.1. The van der Waals surface area contributed by atoms with E-state index in [-0.39, 0.29) is 30.7 Å². The van der Waals surface area contributed by atoms with Crippen LogP contribution in [0.3, 0.4) is 0 Å². The quantitative estimate of drug-likeness (QED) is 0.732. The average molecular weight is 394 g/mol. The van der Waals surface area contributed by atoms with Gasteiger partial charge in [0, 0.05) is 18.0 Å². The Bertz CT molecular complexity index is 777. The van der Waals surface area contributed by atoms with Gasteiger partial charge in [-0.2, -0.15) is 0 Å². The number of amides is 1. The SMILES string of the molecule is CCOC(=O)c1c(NC(=O)Cc2ccccc2)sc2c1CCN(C)C2.[Cl-]. The second-order valence-electron chi connectivity index (χ2n) is 6.13. The summed E-state index contributed by atoms with van der Waals surface area (Å²) in [6, 6.07) is 9.57. The number of halogens is 1. The summed E-state index contributed by atoms with van der Waals surface area (Å²) in [6.45, 7) is 3.80. The van der Waals surface area contributed by atoms with Crippen molar-refractivity contribution in [3.63, 3.8) is 0 Å². The smallest absolute Gasteiger partial charge is 0.341 e. The highest BCUT2D eigenvalue weighted by atomic mass is 35.5. The summed E-state index contributed by atoms with van der Waals surface area (Å²) in [7, 11) is 2.06. The maximum Gasteiger partial charge on any atom is 0.341 e. The number of rotatable bonds is 5. The van der Waals surface area contributed by atoms with Crippen molar-refractivity contribution in [2.24, 2.45) is 0 Å². The molecule has 0 bridgehead atoms. The van der Waals surface area contributed by atoms with Gasteiger partial charge in [0.2, 0.25) is 5.91 Å². The van der Waals surface area contributed by atoms with Gasteiger partial charge in [-0.1, -0.05) is 30.3 Å². The summed E-state index contributed by atoms with van der Waals surface area (Å²) in [5, 5.41) is 3.54. The average Bonchev–Trinajstić information content (AvgIpc) is 2.92. The molecule has 26 heavy (non-hydrogen) atoms. The van der Waals surface area contributed by atoms with Crippen molar-refractivity contribution < 1.29 is 26.7 Å². The third-order valence-electron chi connectivity index (χ3n) is 4.19. The molecule has 3 rings (SSSR count). The summed E-state index contributed by atoms with van der Waals surface area (Å²) >= 11 is 1.48. The van der Waals surface area contributed by atoms with Crippen LogP contribution in [0.4, 0.5) is 5.00 Å². The third kappa shape index (κ3) is 4.63. The van der Waals surface area contributed by atoms with E-state index in [9.17, 15) is 9.59 Å². The molecule has 1 aromatic heterocycles. The molecule has 1 amide bonds. The molecule has 5 nitrogen and oxygen atoms in total. The van der Waals surface area contributed by atoms with Gasteiger partial charge in [-0.25, -0.2) is 4.79 Å². The summed E-state index contributed by atoms with van der Waals surface area (Å²) < 4.78 is 5.22. The maximum atomic E-state index is 12.4. The second-order valence-corrected chi connectivity index (χ2v) is 7.23. The van der Waals surface area contributed by atoms with Gasteiger partial charge in [0.15, 0.2) is 0 Å². The number of hydrogen-bond acceptors (Lipinski definition) is 5. The molecular weight excluding hydrogens is 372 g/mol. The monoisotopic (exact) mass is 393 g/mol. The first-order valence-corrected chi connectivity index (χ1v) is 9.24. The van der Waals surface area contributed by atoms with Crippen LogP contribution in [0.15, 0.2) is 30.3 Å². The number of esters is 1. The zero-order valence-corrected chi connectivity index (χ0v) is 16.5. The summed E-state index contributed by atoms with van der Waals surface area (Å²) in [4.78, 5) is 28.2. The van der Waals surface area contributed by atoms with E-state index >= 15 is 0 Å². The van der Waals surface area contributed by atoms with Gasteiger partial charge in [0.25, 0.3) is 0 Å². The Morgan fingerprint density at radius 3 is 2.69 bits per heavy atom. The Hall–Kier alpha value is -1.89. The minimum atomic E-state index is -0.348. The van der Waals surface area contributed by atoms with Gasteiger partial charge in [0.1, 0.15) is 5.00 Å². The molecule has 1 aromatic carbocycles. The van der Waals surface area contributed by atoms with E-state index in [1.807, 2.05) is 30.3 Å². The topological polar surface area (TPSA) is 58.6 Å². The Labute approximate surface area is 163 Å². The number of nitrogens with zero attached hydrogens (tertiary/aromatic N) is 1. The van der Waals surface area contributed by atoms with E-state index in [1.165, 1.54) is 11.3 Å². The van der Waals surface area contributed by atoms with Crippen LogP contribution in [0.2, 0.25) is 0 Å². The van der Waals surface area contributed by atoms with E-state index < -0.39 is 0 Å². The number of fused-ring (bicyclic) bond motifs is 1. The van der Waals surface area contributed by atoms with Crippen molar-refractivity contribution >= 4 is 28.2 Å². The minimum Gasteiger partial charge on any atom is -1.00 e. The zero-order valence-electron chi connectivity index (χ0n) is 14.9. The Balaban J connectivity index is 0.00000243. The Morgan fingerprint density at radius 2 is 2.00 bits per heavy atom. The van der Waals surface area contributed by atoms with Crippen LogP contribution in [0.1, 0.15) is 33.3 Å². The summed E-state index contributed by atoms with van der Waals surface area (Å²) in [5.74, 6) is -0.469. The first kappa shape index (κ1) is 20.4. The molecular formula is C19H22ClN2O3S-. The first-order valence-electron chi connectivity index (χ1n) is 8.42. The van der Waals surface area contributed by atoms with E-state index in [1.54, 1.807) is 6.92 Å². The van der Waals surface area contributed by atoms with Gasteiger partial charge in [-0.15, -0.1) is 11.3 Å². The van der Waals surface area contributed by atoms with Gasteiger partial charge < -0.3 is 27.4 Å². The van der Waals surface area contributed by atoms with Crippen LogP contribution in [-0.4, -0.2) is 37.0 Å². The summed E-state index contributed by atoms with van der Waals surface area (Å²) in [6.07, 6.45) is 1.08. The molecule has 2 aromatic rings.